The molecule has 8 nitrogen and oxygen atoms in total. The third kappa shape index (κ3) is 27.9. The molecule has 0 aromatic heterocycles. The molecule has 0 atom stereocenters. The molecule has 2 aromatic carbocycles. The molecule has 0 aliphatic rings. The Labute approximate surface area is 187 Å². The average molecular weight is 446 g/mol. The third-order valence-corrected chi connectivity index (χ3v) is 2.61. The molecule has 0 heterocycles. The minimum absolute atomic E-state index is 0.176. The first-order valence-corrected chi connectivity index (χ1v) is 8.86. The van der Waals surface area contributed by atoms with Gasteiger partial charge in [-0.15, -0.1) is 0 Å². The number of para-hydroxylation sites is 2. The molecule has 0 amide bonds. The number of carbonyl (C=O) groups is 3. The lowest BCUT2D eigenvalue weighted by Crippen LogP contribution is -1.92. The fraction of sp³-hybridized carbons (Fsp3) is 0.125. The summed E-state index contributed by atoms with van der Waals surface area (Å²) in [6.07, 6.45) is 0. The molecule has 0 aliphatic heterocycles. The minimum atomic E-state index is -0.935. The summed E-state index contributed by atoms with van der Waals surface area (Å²) in [7, 11) is 0. The Morgan fingerprint density at radius 2 is 0.688 bits per heavy atom. The zero-order chi connectivity index (χ0) is 25.7. The van der Waals surface area contributed by atoms with Crippen LogP contribution in [0.3, 0.4) is 0 Å². The number of phenolic OH excluding ortho intramolecular Hbond substituents is 2. The second kappa shape index (κ2) is 20.0. The number of carboxylic acids is 3. The highest BCUT2D eigenvalue weighted by molar-refractivity contribution is 5.85. The number of aromatic hydroxyl groups is 2. The molecule has 0 aliphatic carbocycles. The third-order valence-electron chi connectivity index (χ3n) is 2.61. The van der Waals surface area contributed by atoms with E-state index >= 15 is 0 Å². The average Bonchev–Trinajstić information content (AvgIpc) is 2.71. The molecule has 8 heteroatoms. The van der Waals surface area contributed by atoms with Gasteiger partial charge < -0.3 is 25.5 Å². The normalized spacial score (nSPS) is 7.97. The Morgan fingerprint density at radius 1 is 0.531 bits per heavy atom. The van der Waals surface area contributed by atoms with Crippen LogP contribution in [0.5, 0.6) is 11.5 Å². The monoisotopic (exact) mass is 446 g/mol. The van der Waals surface area contributed by atoms with Gasteiger partial charge in [0.2, 0.25) is 0 Å². The number of aliphatic carboxylic acids is 3. The highest BCUT2D eigenvalue weighted by Crippen LogP contribution is 2.03. The molecular formula is C24H30O8. The molecule has 2 aromatic rings. The summed E-state index contributed by atoms with van der Waals surface area (Å²) in [5.74, 6) is -2.16. The van der Waals surface area contributed by atoms with Crippen LogP contribution in [-0.2, 0) is 14.4 Å². The summed E-state index contributed by atoms with van der Waals surface area (Å²) in [4.78, 5) is 28.8. The maximum Gasteiger partial charge on any atom is 0.330 e. The summed E-state index contributed by atoms with van der Waals surface area (Å²) in [6, 6.07) is 17.4. The van der Waals surface area contributed by atoms with Crippen molar-refractivity contribution in [1.29, 1.82) is 0 Å². The molecule has 0 bridgehead atoms. The van der Waals surface area contributed by atoms with E-state index in [2.05, 4.69) is 19.7 Å². The van der Waals surface area contributed by atoms with Gasteiger partial charge in [0.1, 0.15) is 11.5 Å². The predicted molar refractivity (Wildman–Crippen MR) is 124 cm³/mol. The summed E-state index contributed by atoms with van der Waals surface area (Å²) in [6.45, 7) is 13.8. The van der Waals surface area contributed by atoms with Crippen LogP contribution in [0.4, 0.5) is 0 Å². The van der Waals surface area contributed by atoms with Gasteiger partial charge in [0.15, 0.2) is 0 Å². The van der Waals surface area contributed by atoms with E-state index in [0.29, 0.717) is 11.5 Å². The van der Waals surface area contributed by atoms with Gasteiger partial charge in [-0.1, -0.05) is 56.1 Å². The predicted octanol–water partition coefficient (Wildman–Crippen LogP) is 4.73. The smallest absolute Gasteiger partial charge is 0.330 e. The second-order valence-electron chi connectivity index (χ2n) is 5.93. The van der Waals surface area contributed by atoms with E-state index in [1.165, 1.54) is 20.8 Å². The Balaban J connectivity index is -0.000000330. The molecule has 2 rings (SSSR count). The van der Waals surface area contributed by atoms with Crippen LogP contribution in [0.15, 0.2) is 97.1 Å². The molecule has 0 saturated carbocycles. The van der Waals surface area contributed by atoms with Crippen molar-refractivity contribution in [3.8, 4) is 11.5 Å². The van der Waals surface area contributed by atoms with E-state index in [1.54, 1.807) is 48.5 Å². The summed E-state index contributed by atoms with van der Waals surface area (Å²) in [5.41, 5.74) is 0.528. The number of hydrogen-bond donors (Lipinski definition) is 5. The van der Waals surface area contributed by atoms with Gasteiger partial charge in [0.05, 0.1) is 0 Å². The highest BCUT2D eigenvalue weighted by atomic mass is 16.4. The van der Waals surface area contributed by atoms with Crippen LogP contribution in [0.1, 0.15) is 20.8 Å². The van der Waals surface area contributed by atoms with E-state index < -0.39 is 17.9 Å². The van der Waals surface area contributed by atoms with Crippen molar-refractivity contribution < 1.29 is 39.9 Å². The lowest BCUT2D eigenvalue weighted by atomic mass is 10.3. The maximum absolute atomic E-state index is 9.60. The number of rotatable bonds is 3. The van der Waals surface area contributed by atoms with Crippen molar-refractivity contribution in [2.75, 3.05) is 0 Å². The van der Waals surface area contributed by atoms with Gasteiger partial charge in [-0.05, 0) is 45.0 Å². The van der Waals surface area contributed by atoms with Crippen molar-refractivity contribution >= 4 is 17.9 Å². The summed E-state index contributed by atoms with van der Waals surface area (Å²) >= 11 is 0. The Bertz CT molecular complexity index is 726. The van der Waals surface area contributed by atoms with E-state index in [0.717, 1.165) is 0 Å². The largest absolute Gasteiger partial charge is 0.508 e. The molecule has 0 fully saturated rings. The number of hydrogen-bond acceptors (Lipinski definition) is 5. The molecule has 5 N–H and O–H groups in total. The van der Waals surface area contributed by atoms with E-state index in [-0.39, 0.29) is 16.7 Å². The van der Waals surface area contributed by atoms with Gasteiger partial charge in [-0.25, -0.2) is 14.4 Å². The second-order valence-corrected chi connectivity index (χ2v) is 5.93. The number of benzene rings is 2. The zero-order valence-corrected chi connectivity index (χ0v) is 18.4. The van der Waals surface area contributed by atoms with Crippen molar-refractivity contribution in [3.05, 3.63) is 97.1 Å². The van der Waals surface area contributed by atoms with Crippen LogP contribution in [0, 0.1) is 0 Å². The Hall–Kier alpha value is -4.33. The van der Waals surface area contributed by atoms with Crippen LogP contribution >= 0.6 is 0 Å². The van der Waals surface area contributed by atoms with Crippen LogP contribution in [-0.4, -0.2) is 43.4 Å². The van der Waals surface area contributed by atoms with E-state index in [1.807, 2.05) is 12.1 Å². The fourth-order valence-electron chi connectivity index (χ4n) is 0.856. The molecule has 174 valence electrons. The van der Waals surface area contributed by atoms with Gasteiger partial charge in [-0.2, -0.15) is 0 Å². The summed E-state index contributed by atoms with van der Waals surface area (Å²) in [5, 5.41) is 40.9. The molecule has 32 heavy (non-hydrogen) atoms. The molecular weight excluding hydrogens is 416 g/mol. The highest BCUT2D eigenvalue weighted by Gasteiger charge is 1.91. The van der Waals surface area contributed by atoms with Crippen molar-refractivity contribution in [1.82, 2.24) is 0 Å². The molecule has 0 unspecified atom stereocenters. The Morgan fingerprint density at radius 3 is 0.750 bits per heavy atom. The van der Waals surface area contributed by atoms with Crippen LogP contribution < -0.4 is 0 Å². The topological polar surface area (TPSA) is 152 Å². The number of carboxylic acid groups (broad SMARTS) is 3. The lowest BCUT2D eigenvalue weighted by Gasteiger charge is -1.82. The van der Waals surface area contributed by atoms with Gasteiger partial charge in [0.25, 0.3) is 0 Å². The van der Waals surface area contributed by atoms with Crippen molar-refractivity contribution in [2.45, 2.75) is 20.8 Å². The first-order valence-electron chi connectivity index (χ1n) is 8.86. The Kier molecular flexibility index (Phi) is 20.2. The lowest BCUT2D eigenvalue weighted by molar-refractivity contribution is -0.133. The van der Waals surface area contributed by atoms with Crippen LogP contribution in [0.25, 0.3) is 0 Å². The summed E-state index contributed by atoms with van der Waals surface area (Å²) < 4.78 is 0. The molecule has 0 spiro atoms. The maximum atomic E-state index is 9.60. The van der Waals surface area contributed by atoms with Gasteiger partial charge >= 0.3 is 17.9 Å². The standard InChI is InChI=1S/2C6H6O.3C4H6O2/c2*7-6-4-2-1-3-5-6;3*1-3(2)4(5)6/h2*1-5,7H;3*1H2,2H3,(H,5,6). The first kappa shape index (κ1) is 32.3. The van der Waals surface area contributed by atoms with Crippen molar-refractivity contribution in [3.63, 3.8) is 0 Å². The fourth-order valence-corrected chi connectivity index (χ4v) is 0.856. The van der Waals surface area contributed by atoms with Crippen LogP contribution in [0.2, 0.25) is 0 Å². The van der Waals surface area contributed by atoms with E-state index in [4.69, 9.17) is 25.5 Å². The minimum Gasteiger partial charge on any atom is -0.508 e. The molecule has 0 radical (unpaired) electrons. The number of phenols is 2. The van der Waals surface area contributed by atoms with Gasteiger partial charge in [-0.3, -0.25) is 0 Å². The molecule has 0 saturated heterocycles. The SMILES string of the molecule is C=C(C)C(=O)O.C=C(C)C(=O)O.C=C(C)C(=O)O.Oc1ccccc1.Oc1ccccc1. The van der Waals surface area contributed by atoms with E-state index in [9.17, 15) is 14.4 Å². The zero-order valence-electron chi connectivity index (χ0n) is 18.4. The first-order chi connectivity index (χ1) is 14.7. The van der Waals surface area contributed by atoms with Gasteiger partial charge in [0, 0.05) is 16.7 Å². The quantitative estimate of drug-likeness (QED) is 0.424. The van der Waals surface area contributed by atoms with Crippen molar-refractivity contribution in [2.24, 2.45) is 0 Å².